The van der Waals surface area contributed by atoms with Crippen LogP contribution in [0.15, 0.2) is 79.1 Å². The Morgan fingerprint density at radius 1 is 1.03 bits per heavy atom. The second kappa shape index (κ2) is 12.9. The number of aromatic nitrogens is 1. The summed E-state index contributed by atoms with van der Waals surface area (Å²) in [5.41, 5.74) is 3.23. The van der Waals surface area contributed by atoms with Crippen molar-refractivity contribution in [1.29, 1.82) is 0 Å². The van der Waals surface area contributed by atoms with Gasteiger partial charge >= 0.3 is 6.03 Å². The summed E-state index contributed by atoms with van der Waals surface area (Å²) in [7, 11) is 1.63. The van der Waals surface area contributed by atoms with Crippen molar-refractivity contribution in [2.24, 2.45) is 5.92 Å². The highest BCUT2D eigenvalue weighted by molar-refractivity contribution is 5.89. The normalized spacial score (nSPS) is 14.4. The number of nitrogens with zero attached hydrogens (tertiary/aromatic N) is 3. The van der Waals surface area contributed by atoms with Crippen LogP contribution in [0.25, 0.3) is 0 Å². The molecule has 3 aromatic rings. The first-order valence-electron chi connectivity index (χ1n) is 12.5. The molecule has 1 saturated heterocycles. The van der Waals surface area contributed by atoms with Crippen LogP contribution in [-0.2, 0) is 13.0 Å². The highest BCUT2D eigenvalue weighted by atomic mass is 16.5. The maximum atomic E-state index is 13.1. The molecular formula is C29H36N4O2. The summed E-state index contributed by atoms with van der Waals surface area (Å²) < 4.78 is 5.21. The zero-order valence-electron chi connectivity index (χ0n) is 20.6. The second-order valence-corrected chi connectivity index (χ2v) is 9.27. The quantitative estimate of drug-likeness (QED) is 0.425. The Hall–Kier alpha value is -3.38. The van der Waals surface area contributed by atoms with E-state index in [0.29, 0.717) is 13.1 Å². The van der Waals surface area contributed by atoms with Crippen LogP contribution < -0.4 is 10.1 Å². The van der Waals surface area contributed by atoms with E-state index in [2.05, 4.69) is 45.5 Å². The number of ether oxygens (including phenoxy) is 1. The van der Waals surface area contributed by atoms with Gasteiger partial charge in [0.2, 0.25) is 0 Å². The van der Waals surface area contributed by atoms with Crippen molar-refractivity contribution in [1.82, 2.24) is 14.8 Å². The zero-order valence-corrected chi connectivity index (χ0v) is 20.6. The molecule has 1 aliphatic heterocycles. The van der Waals surface area contributed by atoms with Crippen molar-refractivity contribution in [3.8, 4) is 5.75 Å². The van der Waals surface area contributed by atoms with Gasteiger partial charge in [-0.2, -0.15) is 0 Å². The SMILES string of the molecule is COc1ccc(NC(=O)N(CCCN2CCC(Cc3ccccc3)CC2)Cc2cccnc2)cc1. The topological polar surface area (TPSA) is 57.7 Å². The Morgan fingerprint density at radius 3 is 2.46 bits per heavy atom. The van der Waals surface area contributed by atoms with E-state index in [4.69, 9.17) is 4.74 Å². The monoisotopic (exact) mass is 472 g/mol. The molecule has 2 heterocycles. The summed E-state index contributed by atoms with van der Waals surface area (Å²) in [5, 5.41) is 3.03. The van der Waals surface area contributed by atoms with E-state index < -0.39 is 0 Å². The molecule has 1 aromatic heterocycles. The minimum absolute atomic E-state index is 0.0967. The van der Waals surface area contributed by atoms with Crippen molar-refractivity contribution in [3.63, 3.8) is 0 Å². The molecule has 6 nitrogen and oxygen atoms in total. The number of hydrogen-bond donors (Lipinski definition) is 1. The molecule has 4 rings (SSSR count). The van der Waals surface area contributed by atoms with Gasteiger partial charge in [-0.25, -0.2) is 4.79 Å². The summed E-state index contributed by atoms with van der Waals surface area (Å²) in [5.74, 6) is 1.54. The summed E-state index contributed by atoms with van der Waals surface area (Å²) in [6.07, 6.45) is 8.19. The molecule has 0 bridgehead atoms. The number of likely N-dealkylation sites (tertiary alicyclic amines) is 1. The molecule has 1 fully saturated rings. The lowest BCUT2D eigenvalue weighted by atomic mass is 9.90. The maximum absolute atomic E-state index is 13.1. The lowest BCUT2D eigenvalue weighted by Gasteiger charge is -2.32. The molecule has 0 radical (unpaired) electrons. The number of anilines is 1. The van der Waals surface area contributed by atoms with E-state index in [1.807, 2.05) is 47.5 Å². The lowest BCUT2D eigenvalue weighted by molar-refractivity contribution is 0.170. The number of hydrogen-bond acceptors (Lipinski definition) is 4. The van der Waals surface area contributed by atoms with Gasteiger partial charge < -0.3 is 19.9 Å². The van der Waals surface area contributed by atoms with Gasteiger partial charge in [0.1, 0.15) is 5.75 Å². The van der Waals surface area contributed by atoms with Crippen molar-refractivity contribution in [3.05, 3.63) is 90.3 Å². The standard InChI is InChI=1S/C29H36N4O2/c1-35-28-12-10-27(11-13-28)31-29(34)33(23-26-9-5-16-30-22-26)18-6-17-32-19-14-25(15-20-32)21-24-7-3-2-4-8-24/h2-5,7-13,16,22,25H,6,14-15,17-21,23H2,1H3,(H,31,34). The molecule has 0 aliphatic carbocycles. The first kappa shape index (κ1) is 24.7. The fraction of sp³-hybridized carbons (Fsp3) is 0.379. The van der Waals surface area contributed by atoms with E-state index in [1.54, 1.807) is 13.3 Å². The van der Waals surface area contributed by atoms with Crippen molar-refractivity contribution < 1.29 is 9.53 Å². The second-order valence-electron chi connectivity index (χ2n) is 9.27. The highest BCUT2D eigenvalue weighted by Crippen LogP contribution is 2.22. The Kier molecular flexibility index (Phi) is 9.12. The number of benzene rings is 2. The Balaban J connectivity index is 1.27. The van der Waals surface area contributed by atoms with E-state index >= 15 is 0 Å². The van der Waals surface area contributed by atoms with E-state index in [9.17, 15) is 4.79 Å². The summed E-state index contributed by atoms with van der Waals surface area (Å²) in [6, 6.07) is 22.1. The number of piperidine rings is 1. The Labute approximate surface area is 208 Å². The van der Waals surface area contributed by atoms with Crippen molar-refractivity contribution >= 4 is 11.7 Å². The number of amides is 2. The van der Waals surface area contributed by atoms with Crippen LogP contribution >= 0.6 is 0 Å². The van der Waals surface area contributed by atoms with E-state index in [0.717, 1.165) is 49.0 Å². The van der Waals surface area contributed by atoms with Gasteiger partial charge in [-0.3, -0.25) is 4.98 Å². The number of methoxy groups -OCH3 is 1. The van der Waals surface area contributed by atoms with Crippen LogP contribution in [0, 0.1) is 5.92 Å². The average molecular weight is 473 g/mol. The molecule has 2 aromatic carbocycles. The van der Waals surface area contributed by atoms with Gasteiger partial charge in [0.25, 0.3) is 0 Å². The predicted octanol–water partition coefficient (Wildman–Crippen LogP) is 5.47. The maximum Gasteiger partial charge on any atom is 0.322 e. The largest absolute Gasteiger partial charge is 0.497 e. The van der Waals surface area contributed by atoms with Gasteiger partial charge in [0, 0.05) is 31.2 Å². The van der Waals surface area contributed by atoms with E-state index in [-0.39, 0.29) is 6.03 Å². The lowest BCUT2D eigenvalue weighted by Crippen LogP contribution is -2.39. The molecule has 184 valence electrons. The molecule has 6 heteroatoms. The molecule has 35 heavy (non-hydrogen) atoms. The van der Waals surface area contributed by atoms with Crippen LogP contribution in [0.5, 0.6) is 5.75 Å². The van der Waals surface area contributed by atoms with Gasteiger partial charge in [-0.15, -0.1) is 0 Å². The number of carbonyl (C=O) groups is 1. The smallest absolute Gasteiger partial charge is 0.322 e. The van der Waals surface area contributed by atoms with Crippen LogP contribution in [0.3, 0.4) is 0 Å². The number of carbonyl (C=O) groups excluding carboxylic acids is 1. The van der Waals surface area contributed by atoms with Crippen molar-refractivity contribution in [2.45, 2.75) is 32.2 Å². The first-order valence-corrected chi connectivity index (χ1v) is 12.5. The summed E-state index contributed by atoms with van der Waals surface area (Å²) >= 11 is 0. The molecule has 0 spiro atoms. The Bertz CT molecular complexity index is 1020. The fourth-order valence-corrected chi connectivity index (χ4v) is 4.69. The summed E-state index contributed by atoms with van der Waals surface area (Å²) in [4.78, 5) is 21.8. The minimum Gasteiger partial charge on any atom is -0.497 e. The average Bonchev–Trinajstić information content (AvgIpc) is 2.91. The number of nitrogens with one attached hydrogen (secondary N) is 1. The molecule has 0 atom stereocenters. The third kappa shape index (κ3) is 7.82. The van der Waals surface area contributed by atoms with Crippen molar-refractivity contribution in [2.75, 3.05) is 38.6 Å². The van der Waals surface area contributed by atoms with Crippen LogP contribution in [-0.4, -0.2) is 54.1 Å². The fourth-order valence-electron chi connectivity index (χ4n) is 4.69. The van der Waals surface area contributed by atoms with Gasteiger partial charge in [0.05, 0.1) is 7.11 Å². The number of urea groups is 1. The van der Waals surface area contributed by atoms with Gasteiger partial charge in [-0.05, 0) is 92.7 Å². The number of pyridine rings is 1. The Morgan fingerprint density at radius 2 is 1.77 bits per heavy atom. The molecule has 1 N–H and O–H groups in total. The molecule has 1 aliphatic rings. The van der Waals surface area contributed by atoms with Crippen LogP contribution in [0.1, 0.15) is 30.4 Å². The van der Waals surface area contributed by atoms with Crippen LogP contribution in [0.4, 0.5) is 10.5 Å². The van der Waals surface area contributed by atoms with Crippen LogP contribution in [0.2, 0.25) is 0 Å². The molecule has 2 amide bonds. The number of rotatable bonds is 10. The van der Waals surface area contributed by atoms with Gasteiger partial charge in [0.15, 0.2) is 0 Å². The van der Waals surface area contributed by atoms with E-state index in [1.165, 1.54) is 24.8 Å². The zero-order chi connectivity index (χ0) is 24.3. The predicted molar refractivity (Wildman–Crippen MR) is 141 cm³/mol. The first-order chi connectivity index (χ1) is 17.2. The molecule has 0 saturated carbocycles. The minimum atomic E-state index is -0.0967. The highest BCUT2D eigenvalue weighted by Gasteiger charge is 2.20. The third-order valence-electron chi connectivity index (χ3n) is 6.70. The third-order valence-corrected chi connectivity index (χ3v) is 6.70. The molecule has 0 unspecified atom stereocenters. The van der Waals surface area contributed by atoms with Gasteiger partial charge in [-0.1, -0.05) is 36.4 Å². The summed E-state index contributed by atoms with van der Waals surface area (Å²) in [6.45, 7) is 4.52. The molecular weight excluding hydrogens is 436 g/mol.